The second-order valence-corrected chi connectivity index (χ2v) is 5.05. The molecule has 1 nitrogen and oxygen atoms in total. The van der Waals surface area contributed by atoms with E-state index in [4.69, 9.17) is 5.73 Å². The molecule has 0 bridgehead atoms. The third kappa shape index (κ3) is 1.19. The van der Waals surface area contributed by atoms with Crippen LogP contribution in [0, 0.1) is 18.8 Å². The minimum Gasteiger partial charge on any atom is -0.321 e. The number of rotatable bonds is 2. The molecule has 2 saturated carbocycles. The molecule has 1 aromatic rings. The molecule has 2 fully saturated rings. The van der Waals surface area contributed by atoms with E-state index < -0.39 is 0 Å². The zero-order valence-electron chi connectivity index (χ0n) is 8.66. The van der Waals surface area contributed by atoms with Crippen molar-refractivity contribution in [1.82, 2.24) is 0 Å². The maximum absolute atomic E-state index is 6.40. The highest BCUT2D eigenvalue weighted by atomic mass is 14.9. The van der Waals surface area contributed by atoms with Crippen molar-refractivity contribution >= 4 is 0 Å². The summed E-state index contributed by atoms with van der Waals surface area (Å²) in [6, 6.07) is 8.76. The van der Waals surface area contributed by atoms with Crippen LogP contribution in [0.2, 0.25) is 0 Å². The van der Waals surface area contributed by atoms with Crippen molar-refractivity contribution in [1.29, 1.82) is 0 Å². The van der Waals surface area contributed by atoms with E-state index in [1.165, 1.54) is 30.4 Å². The molecule has 1 heteroatoms. The van der Waals surface area contributed by atoms with Gasteiger partial charge in [-0.05, 0) is 43.6 Å². The van der Waals surface area contributed by atoms with Crippen LogP contribution in [0.3, 0.4) is 0 Å². The van der Waals surface area contributed by atoms with E-state index >= 15 is 0 Å². The lowest BCUT2D eigenvalue weighted by Gasteiger charge is -2.11. The van der Waals surface area contributed by atoms with E-state index in [9.17, 15) is 0 Å². The van der Waals surface area contributed by atoms with E-state index in [0.29, 0.717) is 0 Å². The van der Waals surface area contributed by atoms with Gasteiger partial charge in [-0.2, -0.15) is 0 Å². The van der Waals surface area contributed by atoms with E-state index in [1.54, 1.807) is 0 Å². The van der Waals surface area contributed by atoms with Crippen molar-refractivity contribution in [3.63, 3.8) is 0 Å². The summed E-state index contributed by atoms with van der Waals surface area (Å²) in [6.45, 7) is 2.12. The molecule has 3 rings (SSSR count). The van der Waals surface area contributed by atoms with Gasteiger partial charge in [0, 0.05) is 5.54 Å². The van der Waals surface area contributed by atoms with Crippen LogP contribution in [0.1, 0.15) is 30.4 Å². The van der Waals surface area contributed by atoms with Gasteiger partial charge in [0.1, 0.15) is 0 Å². The summed E-state index contributed by atoms with van der Waals surface area (Å²) in [7, 11) is 0. The molecule has 2 aliphatic carbocycles. The first-order valence-electron chi connectivity index (χ1n) is 5.56. The average molecular weight is 187 g/mol. The summed E-state index contributed by atoms with van der Waals surface area (Å²) in [5, 5.41) is 0. The Labute approximate surface area is 85.3 Å². The minimum atomic E-state index is 0.0366. The monoisotopic (exact) mass is 187 g/mol. The molecule has 14 heavy (non-hydrogen) atoms. The molecule has 0 saturated heterocycles. The van der Waals surface area contributed by atoms with Crippen LogP contribution < -0.4 is 5.73 Å². The van der Waals surface area contributed by atoms with Crippen LogP contribution in [-0.2, 0) is 5.54 Å². The van der Waals surface area contributed by atoms with Gasteiger partial charge in [0.2, 0.25) is 0 Å². The molecule has 0 radical (unpaired) electrons. The van der Waals surface area contributed by atoms with E-state index in [1.807, 2.05) is 0 Å². The topological polar surface area (TPSA) is 26.0 Å². The van der Waals surface area contributed by atoms with Crippen LogP contribution in [0.15, 0.2) is 24.3 Å². The van der Waals surface area contributed by atoms with Gasteiger partial charge < -0.3 is 5.73 Å². The normalized spacial score (nSPS) is 35.7. The molecule has 2 aliphatic rings. The number of aryl methyl sites for hydroxylation is 1. The third-order valence-corrected chi connectivity index (χ3v) is 3.84. The molecule has 0 aliphatic heterocycles. The Kier molecular flexibility index (Phi) is 1.58. The van der Waals surface area contributed by atoms with E-state index in [0.717, 1.165) is 11.8 Å². The highest BCUT2D eigenvalue weighted by Gasteiger charge is 2.58. The minimum absolute atomic E-state index is 0.0366. The lowest BCUT2D eigenvalue weighted by atomic mass is 10.0. The average Bonchev–Trinajstić information content (AvgIpc) is 3.00. The molecule has 2 unspecified atom stereocenters. The Morgan fingerprint density at radius 2 is 1.86 bits per heavy atom. The molecular formula is C13H17N. The van der Waals surface area contributed by atoms with Gasteiger partial charge in [0.15, 0.2) is 0 Å². The molecular weight excluding hydrogens is 170 g/mol. The number of hydrogen-bond donors (Lipinski definition) is 1. The van der Waals surface area contributed by atoms with E-state index in [-0.39, 0.29) is 5.54 Å². The summed E-state index contributed by atoms with van der Waals surface area (Å²) < 4.78 is 0. The highest BCUT2D eigenvalue weighted by molar-refractivity contribution is 5.34. The number of nitrogens with two attached hydrogens (primary N) is 1. The van der Waals surface area contributed by atoms with Gasteiger partial charge in [-0.15, -0.1) is 0 Å². The van der Waals surface area contributed by atoms with Crippen molar-refractivity contribution in [2.24, 2.45) is 17.6 Å². The molecule has 74 valence electrons. The maximum Gasteiger partial charge on any atom is 0.0445 e. The van der Waals surface area contributed by atoms with Crippen molar-refractivity contribution in [3.8, 4) is 0 Å². The molecule has 0 heterocycles. The molecule has 2 N–H and O–H groups in total. The SMILES string of the molecule is Cc1ccc(C2(N)CC2C2CC2)cc1. The second kappa shape index (κ2) is 2.60. The zero-order valence-corrected chi connectivity index (χ0v) is 8.66. The van der Waals surface area contributed by atoms with Gasteiger partial charge in [-0.1, -0.05) is 29.8 Å². The molecule has 0 spiro atoms. The Hall–Kier alpha value is -0.820. The first-order valence-corrected chi connectivity index (χ1v) is 5.56. The third-order valence-electron chi connectivity index (χ3n) is 3.84. The fourth-order valence-electron chi connectivity index (χ4n) is 2.59. The second-order valence-electron chi connectivity index (χ2n) is 5.05. The quantitative estimate of drug-likeness (QED) is 0.756. The summed E-state index contributed by atoms with van der Waals surface area (Å²) >= 11 is 0. The highest BCUT2D eigenvalue weighted by Crippen LogP contribution is 2.60. The summed E-state index contributed by atoms with van der Waals surface area (Å²) in [5.41, 5.74) is 9.11. The van der Waals surface area contributed by atoms with Crippen molar-refractivity contribution < 1.29 is 0 Å². The fourth-order valence-corrected chi connectivity index (χ4v) is 2.59. The Morgan fingerprint density at radius 1 is 1.21 bits per heavy atom. The first kappa shape index (κ1) is 8.49. The fraction of sp³-hybridized carbons (Fsp3) is 0.538. The van der Waals surface area contributed by atoms with Gasteiger partial charge in [-0.25, -0.2) is 0 Å². The molecule has 0 amide bonds. The number of benzene rings is 1. The van der Waals surface area contributed by atoms with Crippen LogP contribution >= 0.6 is 0 Å². The predicted molar refractivity (Wildman–Crippen MR) is 57.9 cm³/mol. The lowest BCUT2D eigenvalue weighted by Crippen LogP contribution is -2.22. The molecule has 2 atom stereocenters. The summed E-state index contributed by atoms with van der Waals surface area (Å²) in [4.78, 5) is 0. The van der Waals surface area contributed by atoms with Gasteiger partial charge in [0.05, 0.1) is 0 Å². The van der Waals surface area contributed by atoms with Crippen LogP contribution in [0.25, 0.3) is 0 Å². The first-order chi connectivity index (χ1) is 6.70. The summed E-state index contributed by atoms with van der Waals surface area (Å²) in [6.07, 6.45) is 4.03. The molecule has 1 aromatic carbocycles. The number of hydrogen-bond acceptors (Lipinski definition) is 1. The zero-order chi connectivity index (χ0) is 9.76. The Bertz CT molecular complexity index is 350. The predicted octanol–water partition coefficient (Wildman–Crippen LogP) is 2.58. The van der Waals surface area contributed by atoms with Crippen LogP contribution in [-0.4, -0.2) is 0 Å². The standard InChI is InChI=1S/C13H17N/c1-9-2-6-11(7-3-9)13(14)8-12(13)10-4-5-10/h2-3,6-7,10,12H,4-5,8,14H2,1H3. The van der Waals surface area contributed by atoms with Crippen molar-refractivity contribution in [3.05, 3.63) is 35.4 Å². The molecule has 0 aromatic heterocycles. The smallest absolute Gasteiger partial charge is 0.0445 e. The largest absolute Gasteiger partial charge is 0.321 e. The van der Waals surface area contributed by atoms with Crippen molar-refractivity contribution in [2.75, 3.05) is 0 Å². The lowest BCUT2D eigenvalue weighted by molar-refractivity contribution is 0.575. The Morgan fingerprint density at radius 3 is 2.43 bits per heavy atom. The van der Waals surface area contributed by atoms with E-state index in [2.05, 4.69) is 31.2 Å². The maximum atomic E-state index is 6.40. The summed E-state index contributed by atoms with van der Waals surface area (Å²) in [5.74, 6) is 1.73. The van der Waals surface area contributed by atoms with Crippen molar-refractivity contribution in [2.45, 2.75) is 31.7 Å². The van der Waals surface area contributed by atoms with Gasteiger partial charge >= 0.3 is 0 Å². The van der Waals surface area contributed by atoms with Crippen LogP contribution in [0.4, 0.5) is 0 Å². The Balaban J connectivity index is 1.85. The van der Waals surface area contributed by atoms with Crippen LogP contribution in [0.5, 0.6) is 0 Å². The van der Waals surface area contributed by atoms with Gasteiger partial charge in [0.25, 0.3) is 0 Å². The van der Waals surface area contributed by atoms with Gasteiger partial charge in [-0.3, -0.25) is 0 Å².